The molecule has 0 saturated heterocycles. The number of thiazole rings is 1. The summed E-state index contributed by atoms with van der Waals surface area (Å²) in [7, 11) is 4.18. The highest BCUT2D eigenvalue weighted by Gasteiger charge is 2.26. The lowest BCUT2D eigenvalue weighted by Gasteiger charge is -2.30. The number of aromatic nitrogens is 1. The monoisotopic (exact) mass is 198 g/mol. The Labute approximate surface area is 84.6 Å². The third-order valence-corrected chi connectivity index (χ3v) is 4.06. The molecule has 0 spiro atoms. The maximum Gasteiger partial charge on any atom is 0.113 e. The van der Waals surface area contributed by atoms with Crippen molar-refractivity contribution in [3.05, 3.63) is 15.6 Å². The average Bonchev–Trinajstić information content (AvgIpc) is 2.32. The molecule has 13 heavy (non-hydrogen) atoms. The van der Waals surface area contributed by atoms with E-state index >= 15 is 0 Å². The van der Waals surface area contributed by atoms with Gasteiger partial charge >= 0.3 is 0 Å². The highest BCUT2D eigenvalue weighted by atomic mass is 32.1. The van der Waals surface area contributed by atoms with E-state index in [2.05, 4.69) is 51.7 Å². The average molecular weight is 198 g/mol. The number of hydrogen-bond donors (Lipinski definition) is 0. The van der Waals surface area contributed by atoms with Crippen LogP contribution in [0.1, 0.15) is 29.4 Å². The van der Waals surface area contributed by atoms with Gasteiger partial charge in [-0.1, -0.05) is 0 Å². The van der Waals surface area contributed by atoms with Crippen LogP contribution >= 0.6 is 11.3 Å². The van der Waals surface area contributed by atoms with Crippen molar-refractivity contribution in [3.8, 4) is 0 Å². The van der Waals surface area contributed by atoms with Crippen molar-refractivity contribution in [2.45, 2.75) is 33.2 Å². The molecule has 1 aromatic rings. The summed E-state index contributed by atoms with van der Waals surface area (Å²) in [6.07, 6.45) is 0. The molecule has 0 aliphatic heterocycles. The Morgan fingerprint density at radius 2 is 1.77 bits per heavy atom. The van der Waals surface area contributed by atoms with Crippen LogP contribution in [0.3, 0.4) is 0 Å². The molecule has 0 atom stereocenters. The Hall–Kier alpha value is -0.410. The van der Waals surface area contributed by atoms with Crippen molar-refractivity contribution in [1.82, 2.24) is 9.88 Å². The van der Waals surface area contributed by atoms with Crippen LogP contribution < -0.4 is 0 Å². The highest BCUT2D eigenvalue weighted by molar-refractivity contribution is 7.11. The summed E-state index contributed by atoms with van der Waals surface area (Å²) in [5.74, 6) is 0. The fourth-order valence-corrected chi connectivity index (χ4v) is 2.02. The third kappa shape index (κ3) is 1.92. The SMILES string of the molecule is Cc1nc(C(C)(C)N(C)C)sc1C. The zero-order chi connectivity index (χ0) is 10.2. The van der Waals surface area contributed by atoms with E-state index in [4.69, 9.17) is 0 Å². The van der Waals surface area contributed by atoms with Crippen LogP contribution in [0.15, 0.2) is 0 Å². The molecule has 0 aliphatic carbocycles. The van der Waals surface area contributed by atoms with E-state index in [1.807, 2.05) is 0 Å². The molecular formula is C10H18N2S. The Bertz CT molecular complexity index is 280. The van der Waals surface area contributed by atoms with Crippen LogP contribution in [0.4, 0.5) is 0 Å². The molecule has 0 amide bonds. The molecule has 0 bridgehead atoms. The molecule has 0 aromatic carbocycles. The number of rotatable bonds is 2. The first kappa shape index (κ1) is 10.7. The molecule has 2 nitrogen and oxygen atoms in total. The van der Waals surface area contributed by atoms with E-state index in [-0.39, 0.29) is 5.54 Å². The lowest BCUT2D eigenvalue weighted by atomic mass is 10.1. The maximum absolute atomic E-state index is 4.58. The highest BCUT2D eigenvalue weighted by Crippen LogP contribution is 2.30. The van der Waals surface area contributed by atoms with Gasteiger partial charge in [0.1, 0.15) is 5.01 Å². The topological polar surface area (TPSA) is 16.1 Å². The number of hydrogen-bond acceptors (Lipinski definition) is 3. The first-order valence-corrected chi connectivity index (χ1v) is 5.29. The van der Waals surface area contributed by atoms with Crippen molar-refractivity contribution in [3.63, 3.8) is 0 Å². The van der Waals surface area contributed by atoms with Gasteiger partial charge in [-0.05, 0) is 41.8 Å². The van der Waals surface area contributed by atoms with E-state index in [0.717, 1.165) is 5.69 Å². The predicted octanol–water partition coefficient (Wildman–Crippen LogP) is 2.56. The minimum atomic E-state index is 0.0453. The zero-order valence-corrected chi connectivity index (χ0v) is 10.1. The molecule has 0 radical (unpaired) electrons. The summed E-state index contributed by atoms with van der Waals surface area (Å²) in [6, 6.07) is 0. The predicted molar refractivity (Wildman–Crippen MR) is 58.3 cm³/mol. The number of aryl methyl sites for hydroxylation is 2. The van der Waals surface area contributed by atoms with Crippen molar-refractivity contribution in [2.24, 2.45) is 0 Å². The summed E-state index contributed by atoms with van der Waals surface area (Å²) in [6.45, 7) is 8.60. The summed E-state index contributed by atoms with van der Waals surface area (Å²) >= 11 is 1.80. The Morgan fingerprint density at radius 3 is 2.08 bits per heavy atom. The van der Waals surface area contributed by atoms with Gasteiger partial charge in [-0.2, -0.15) is 0 Å². The van der Waals surface area contributed by atoms with Gasteiger partial charge in [0.15, 0.2) is 0 Å². The first-order valence-electron chi connectivity index (χ1n) is 4.47. The second-order valence-corrected chi connectivity index (χ2v) is 5.32. The summed E-state index contributed by atoms with van der Waals surface area (Å²) < 4.78 is 0. The van der Waals surface area contributed by atoms with Crippen molar-refractivity contribution in [1.29, 1.82) is 0 Å². The molecule has 0 saturated carbocycles. The summed E-state index contributed by atoms with van der Waals surface area (Å²) in [5, 5.41) is 1.20. The van der Waals surface area contributed by atoms with E-state index in [0.29, 0.717) is 0 Å². The zero-order valence-electron chi connectivity index (χ0n) is 9.30. The molecule has 0 fully saturated rings. The van der Waals surface area contributed by atoms with E-state index < -0.39 is 0 Å². The van der Waals surface area contributed by atoms with Gasteiger partial charge in [-0.15, -0.1) is 11.3 Å². The third-order valence-electron chi connectivity index (χ3n) is 2.67. The van der Waals surface area contributed by atoms with E-state index in [9.17, 15) is 0 Å². The molecule has 0 unspecified atom stereocenters. The van der Waals surface area contributed by atoms with Crippen LogP contribution in [0.2, 0.25) is 0 Å². The lowest BCUT2D eigenvalue weighted by molar-refractivity contribution is 0.197. The molecular weight excluding hydrogens is 180 g/mol. The van der Waals surface area contributed by atoms with Gasteiger partial charge in [0, 0.05) is 4.88 Å². The van der Waals surface area contributed by atoms with Gasteiger partial charge in [0.05, 0.1) is 11.2 Å². The molecule has 0 N–H and O–H groups in total. The fraction of sp³-hybridized carbons (Fsp3) is 0.700. The molecule has 1 aromatic heterocycles. The van der Waals surface area contributed by atoms with Gasteiger partial charge in [-0.25, -0.2) is 4.98 Å². The van der Waals surface area contributed by atoms with Gasteiger partial charge in [-0.3, -0.25) is 4.90 Å². The molecule has 1 rings (SSSR count). The van der Waals surface area contributed by atoms with Crippen LogP contribution in [0.25, 0.3) is 0 Å². The maximum atomic E-state index is 4.58. The second-order valence-electron chi connectivity index (χ2n) is 4.11. The minimum Gasteiger partial charge on any atom is -0.298 e. The van der Waals surface area contributed by atoms with Crippen LogP contribution in [0.5, 0.6) is 0 Å². The van der Waals surface area contributed by atoms with Crippen molar-refractivity contribution >= 4 is 11.3 Å². The van der Waals surface area contributed by atoms with Crippen LogP contribution in [-0.2, 0) is 5.54 Å². The number of nitrogens with zero attached hydrogens (tertiary/aromatic N) is 2. The van der Waals surface area contributed by atoms with Gasteiger partial charge in [0.2, 0.25) is 0 Å². The Balaban J connectivity index is 3.07. The largest absolute Gasteiger partial charge is 0.298 e. The van der Waals surface area contributed by atoms with Gasteiger partial charge < -0.3 is 0 Å². The fourth-order valence-electron chi connectivity index (χ4n) is 0.926. The van der Waals surface area contributed by atoms with Gasteiger partial charge in [0.25, 0.3) is 0 Å². The molecule has 3 heteroatoms. The quantitative estimate of drug-likeness (QED) is 0.726. The molecule has 0 aliphatic rings. The lowest BCUT2D eigenvalue weighted by Crippen LogP contribution is -2.35. The molecule has 1 heterocycles. The van der Waals surface area contributed by atoms with Crippen LogP contribution in [-0.4, -0.2) is 24.0 Å². The van der Waals surface area contributed by atoms with E-state index in [1.165, 1.54) is 9.88 Å². The van der Waals surface area contributed by atoms with Crippen molar-refractivity contribution < 1.29 is 0 Å². The minimum absolute atomic E-state index is 0.0453. The second kappa shape index (κ2) is 3.39. The molecule has 74 valence electrons. The summed E-state index contributed by atoms with van der Waals surface area (Å²) in [5.41, 5.74) is 1.21. The first-order chi connectivity index (χ1) is 5.85. The van der Waals surface area contributed by atoms with Crippen LogP contribution in [0, 0.1) is 13.8 Å². The summed E-state index contributed by atoms with van der Waals surface area (Å²) in [4.78, 5) is 8.10. The Kier molecular flexibility index (Phi) is 2.78. The van der Waals surface area contributed by atoms with Crippen molar-refractivity contribution in [2.75, 3.05) is 14.1 Å². The Morgan fingerprint density at radius 1 is 1.23 bits per heavy atom. The smallest absolute Gasteiger partial charge is 0.113 e. The standard InChI is InChI=1S/C10H18N2S/c1-7-8(2)13-9(11-7)10(3,4)12(5)6/h1-6H3. The normalized spacial score (nSPS) is 12.5. The van der Waals surface area contributed by atoms with E-state index in [1.54, 1.807) is 11.3 Å².